The van der Waals surface area contributed by atoms with Crippen LogP contribution in [0.3, 0.4) is 0 Å². The first-order chi connectivity index (χ1) is 14.0. The smallest absolute Gasteiger partial charge is 0.222 e. The highest BCUT2D eigenvalue weighted by atomic mass is 32.2. The molecule has 0 aliphatic rings. The third-order valence-electron chi connectivity index (χ3n) is 4.10. The molecule has 0 amide bonds. The second-order valence-electron chi connectivity index (χ2n) is 5.75. The predicted octanol–water partition coefficient (Wildman–Crippen LogP) is 3.36. The summed E-state index contributed by atoms with van der Waals surface area (Å²) < 4.78 is 16.3. The molecule has 148 valence electrons. The SMILES string of the molecule is COc1ccc(OC)c(Sc2cccc(OC)c2-c2nc(N)nc(N)c2C#N)c1. The Morgan fingerprint density at radius 1 is 0.931 bits per heavy atom. The van der Waals surface area contributed by atoms with Crippen LogP contribution in [-0.4, -0.2) is 31.3 Å². The van der Waals surface area contributed by atoms with Gasteiger partial charge in [0.25, 0.3) is 0 Å². The minimum atomic E-state index is -0.0303. The molecule has 3 aromatic rings. The summed E-state index contributed by atoms with van der Waals surface area (Å²) in [6.07, 6.45) is 0. The van der Waals surface area contributed by atoms with E-state index in [1.807, 2.05) is 30.3 Å². The van der Waals surface area contributed by atoms with Crippen LogP contribution >= 0.6 is 11.8 Å². The largest absolute Gasteiger partial charge is 0.497 e. The summed E-state index contributed by atoms with van der Waals surface area (Å²) in [6, 6.07) is 13.1. The zero-order chi connectivity index (χ0) is 21.0. The molecule has 1 aromatic heterocycles. The summed E-state index contributed by atoms with van der Waals surface area (Å²) in [7, 11) is 4.73. The Morgan fingerprint density at radius 3 is 2.34 bits per heavy atom. The van der Waals surface area contributed by atoms with Crippen molar-refractivity contribution in [2.24, 2.45) is 0 Å². The summed E-state index contributed by atoms with van der Waals surface area (Å²) >= 11 is 1.41. The van der Waals surface area contributed by atoms with Crippen molar-refractivity contribution in [2.75, 3.05) is 32.8 Å². The van der Waals surface area contributed by atoms with Gasteiger partial charge >= 0.3 is 0 Å². The second-order valence-corrected chi connectivity index (χ2v) is 6.84. The summed E-state index contributed by atoms with van der Waals surface area (Å²) in [5, 5.41) is 9.61. The van der Waals surface area contributed by atoms with E-state index < -0.39 is 0 Å². The van der Waals surface area contributed by atoms with Crippen LogP contribution in [0, 0.1) is 11.3 Å². The molecule has 9 heteroatoms. The zero-order valence-corrected chi connectivity index (χ0v) is 16.9. The Morgan fingerprint density at radius 2 is 1.69 bits per heavy atom. The lowest BCUT2D eigenvalue weighted by atomic mass is 10.1. The molecule has 0 saturated carbocycles. The third-order valence-corrected chi connectivity index (χ3v) is 5.20. The first-order valence-corrected chi connectivity index (χ1v) is 9.24. The highest BCUT2D eigenvalue weighted by Gasteiger charge is 2.21. The van der Waals surface area contributed by atoms with E-state index in [1.165, 1.54) is 11.8 Å². The molecule has 0 atom stereocenters. The van der Waals surface area contributed by atoms with E-state index in [0.717, 1.165) is 9.79 Å². The van der Waals surface area contributed by atoms with Gasteiger partial charge in [0.1, 0.15) is 40.4 Å². The molecule has 4 N–H and O–H groups in total. The van der Waals surface area contributed by atoms with Gasteiger partial charge in [0.2, 0.25) is 5.95 Å². The third kappa shape index (κ3) is 3.97. The Labute approximate surface area is 172 Å². The van der Waals surface area contributed by atoms with Gasteiger partial charge in [0, 0.05) is 4.90 Å². The molecule has 0 saturated heterocycles. The van der Waals surface area contributed by atoms with E-state index >= 15 is 0 Å². The number of hydrogen-bond acceptors (Lipinski definition) is 9. The van der Waals surface area contributed by atoms with Crippen molar-refractivity contribution in [3.05, 3.63) is 42.0 Å². The molecule has 29 heavy (non-hydrogen) atoms. The van der Waals surface area contributed by atoms with Crippen LogP contribution in [-0.2, 0) is 0 Å². The molecule has 0 fully saturated rings. The maximum Gasteiger partial charge on any atom is 0.222 e. The highest BCUT2D eigenvalue weighted by Crippen LogP contribution is 2.45. The second kappa shape index (κ2) is 8.58. The van der Waals surface area contributed by atoms with E-state index in [2.05, 4.69) is 16.0 Å². The number of methoxy groups -OCH3 is 3. The first-order valence-electron chi connectivity index (χ1n) is 8.42. The van der Waals surface area contributed by atoms with Crippen molar-refractivity contribution in [1.29, 1.82) is 5.26 Å². The number of nitriles is 1. The summed E-state index contributed by atoms with van der Waals surface area (Å²) in [5.74, 6) is 1.86. The van der Waals surface area contributed by atoms with E-state index in [1.54, 1.807) is 27.4 Å². The predicted molar refractivity (Wildman–Crippen MR) is 111 cm³/mol. The van der Waals surface area contributed by atoms with E-state index in [9.17, 15) is 5.26 Å². The standard InChI is InChI=1S/C20H19N5O3S/c1-26-11-7-8-13(27-2)16(9-11)29-15-6-4-5-14(28-3)17(15)18-12(10-21)19(22)25-20(23)24-18/h4-9H,1-3H3,(H4,22,23,24,25). The lowest BCUT2D eigenvalue weighted by molar-refractivity contribution is 0.394. The summed E-state index contributed by atoms with van der Waals surface area (Å²) in [4.78, 5) is 9.75. The van der Waals surface area contributed by atoms with Crippen LogP contribution in [0.4, 0.5) is 11.8 Å². The Hall–Kier alpha value is -3.64. The van der Waals surface area contributed by atoms with Crippen LogP contribution < -0.4 is 25.7 Å². The molecule has 8 nitrogen and oxygen atoms in total. The summed E-state index contributed by atoms with van der Waals surface area (Å²) in [6.45, 7) is 0. The van der Waals surface area contributed by atoms with Crippen LogP contribution in [0.25, 0.3) is 11.3 Å². The van der Waals surface area contributed by atoms with Crippen LogP contribution in [0.1, 0.15) is 5.56 Å². The van der Waals surface area contributed by atoms with Gasteiger partial charge in [-0.15, -0.1) is 0 Å². The highest BCUT2D eigenvalue weighted by molar-refractivity contribution is 7.99. The molecule has 0 aliphatic heterocycles. The number of benzene rings is 2. The molecule has 0 unspecified atom stereocenters. The molecule has 0 aliphatic carbocycles. The Balaban J connectivity index is 2.24. The topological polar surface area (TPSA) is 129 Å². The number of nitrogens with two attached hydrogens (primary N) is 2. The van der Waals surface area contributed by atoms with Crippen molar-refractivity contribution < 1.29 is 14.2 Å². The van der Waals surface area contributed by atoms with Gasteiger partial charge in [-0.05, 0) is 30.3 Å². The lowest BCUT2D eigenvalue weighted by Crippen LogP contribution is -2.06. The number of nitrogen functional groups attached to an aromatic ring is 2. The molecule has 0 spiro atoms. The maximum absolute atomic E-state index is 9.61. The number of nitrogens with zero attached hydrogens (tertiary/aromatic N) is 3. The van der Waals surface area contributed by atoms with Crippen molar-refractivity contribution >= 4 is 23.5 Å². The van der Waals surface area contributed by atoms with Gasteiger partial charge in [-0.3, -0.25) is 0 Å². The number of hydrogen-bond donors (Lipinski definition) is 2. The van der Waals surface area contributed by atoms with E-state index in [4.69, 9.17) is 25.7 Å². The average molecular weight is 409 g/mol. The van der Waals surface area contributed by atoms with Crippen molar-refractivity contribution in [2.45, 2.75) is 9.79 Å². The number of rotatable bonds is 6. The first kappa shape index (κ1) is 20.1. The minimum absolute atomic E-state index is 0.0100. The van der Waals surface area contributed by atoms with Gasteiger partial charge in [0.15, 0.2) is 0 Å². The van der Waals surface area contributed by atoms with Crippen molar-refractivity contribution in [1.82, 2.24) is 9.97 Å². The van der Waals surface area contributed by atoms with Gasteiger partial charge < -0.3 is 25.7 Å². The molecule has 3 rings (SSSR count). The fraction of sp³-hybridized carbons (Fsp3) is 0.150. The fourth-order valence-corrected chi connectivity index (χ4v) is 3.88. The Kier molecular flexibility index (Phi) is 5.95. The number of aromatic nitrogens is 2. The minimum Gasteiger partial charge on any atom is -0.497 e. The lowest BCUT2D eigenvalue weighted by Gasteiger charge is -2.16. The van der Waals surface area contributed by atoms with Crippen LogP contribution in [0.15, 0.2) is 46.2 Å². The number of anilines is 2. The van der Waals surface area contributed by atoms with Gasteiger partial charge in [-0.2, -0.15) is 10.2 Å². The monoisotopic (exact) mass is 409 g/mol. The molecular formula is C20H19N5O3S. The van der Waals surface area contributed by atoms with E-state index in [0.29, 0.717) is 28.5 Å². The van der Waals surface area contributed by atoms with Gasteiger partial charge in [-0.1, -0.05) is 17.8 Å². The zero-order valence-electron chi connectivity index (χ0n) is 16.1. The molecule has 2 aromatic carbocycles. The number of ether oxygens (including phenoxy) is 3. The molecule has 0 bridgehead atoms. The van der Waals surface area contributed by atoms with Gasteiger partial charge in [0.05, 0.1) is 31.8 Å². The fourth-order valence-electron chi connectivity index (χ4n) is 2.77. The quantitative estimate of drug-likeness (QED) is 0.629. The van der Waals surface area contributed by atoms with Gasteiger partial charge in [-0.25, -0.2) is 4.98 Å². The summed E-state index contributed by atoms with van der Waals surface area (Å²) in [5.41, 5.74) is 12.7. The molecule has 1 heterocycles. The molecule has 0 radical (unpaired) electrons. The van der Waals surface area contributed by atoms with Crippen molar-refractivity contribution in [3.63, 3.8) is 0 Å². The van der Waals surface area contributed by atoms with Crippen LogP contribution in [0.5, 0.6) is 17.2 Å². The average Bonchev–Trinajstić information content (AvgIpc) is 2.73. The molecular weight excluding hydrogens is 390 g/mol. The van der Waals surface area contributed by atoms with Crippen molar-refractivity contribution in [3.8, 4) is 34.6 Å². The van der Waals surface area contributed by atoms with Crippen LogP contribution in [0.2, 0.25) is 0 Å². The van der Waals surface area contributed by atoms with E-state index in [-0.39, 0.29) is 17.3 Å². The normalized spacial score (nSPS) is 10.3. The Bertz CT molecular complexity index is 1100. The maximum atomic E-state index is 9.61.